The first-order valence-corrected chi connectivity index (χ1v) is 6.28. The summed E-state index contributed by atoms with van der Waals surface area (Å²) in [5.41, 5.74) is 2.39. The van der Waals surface area contributed by atoms with Gasteiger partial charge < -0.3 is 15.7 Å². The number of hydrogen-bond donors (Lipinski definition) is 2. The van der Waals surface area contributed by atoms with E-state index in [9.17, 15) is 27.9 Å². The van der Waals surface area contributed by atoms with Crippen molar-refractivity contribution in [1.82, 2.24) is 0 Å². The van der Waals surface area contributed by atoms with Crippen molar-refractivity contribution < 1.29 is 27.9 Å². The van der Waals surface area contributed by atoms with Gasteiger partial charge in [0.15, 0.2) is 28.8 Å². The number of hydrogen-bond acceptors (Lipinski definition) is 4. The number of nitrogens with two attached hydrogens (primary N) is 1. The van der Waals surface area contributed by atoms with E-state index in [1.54, 1.807) is 0 Å². The topological polar surface area (TPSA) is 83.6 Å². The second-order valence-electron chi connectivity index (χ2n) is 5.35. The zero-order valence-electron chi connectivity index (χ0n) is 10.7. The highest BCUT2D eigenvalue weighted by Gasteiger charge is 2.52. The fraction of sp³-hybridized carbons (Fsp3) is 0.385. The molecule has 0 bridgehead atoms. The normalized spacial score (nSPS) is 25.0. The average Bonchev–Trinajstić information content (AvgIpc) is 3.24. The molecule has 3 N–H and O–H groups in total. The van der Waals surface area contributed by atoms with Crippen molar-refractivity contribution >= 4 is 17.4 Å². The van der Waals surface area contributed by atoms with Crippen molar-refractivity contribution in [1.29, 1.82) is 0 Å². The molecule has 2 aliphatic rings. The third kappa shape index (κ3) is 1.82. The number of rotatable bonds is 2. The predicted octanol–water partition coefficient (Wildman–Crippen LogP) is 1.05. The number of nitrogens with zero attached hydrogens (tertiary/aromatic N) is 1. The Morgan fingerprint density at radius 1 is 1.33 bits per heavy atom. The van der Waals surface area contributed by atoms with E-state index >= 15 is 0 Å². The highest BCUT2D eigenvalue weighted by atomic mass is 19.2. The van der Waals surface area contributed by atoms with E-state index in [0.29, 0.717) is 18.9 Å². The van der Waals surface area contributed by atoms with Crippen LogP contribution in [-0.4, -0.2) is 35.0 Å². The molecule has 8 heteroatoms. The zero-order chi connectivity index (χ0) is 15.5. The van der Waals surface area contributed by atoms with Crippen molar-refractivity contribution in [2.75, 3.05) is 11.4 Å². The lowest BCUT2D eigenvalue weighted by molar-refractivity contribution is -0.141. The van der Waals surface area contributed by atoms with Gasteiger partial charge in [0, 0.05) is 11.6 Å². The molecule has 112 valence electrons. The Bertz CT molecular complexity index is 675. The molecule has 1 aliphatic heterocycles. The molecule has 5 nitrogen and oxygen atoms in total. The number of halogens is 3. The monoisotopic (exact) mass is 300 g/mol. The van der Waals surface area contributed by atoms with Gasteiger partial charge in [-0.15, -0.1) is 0 Å². The highest BCUT2D eigenvalue weighted by molar-refractivity contribution is 6.20. The third-order valence-electron chi connectivity index (χ3n) is 3.86. The Labute approximate surface area is 117 Å². The van der Waals surface area contributed by atoms with E-state index in [1.165, 1.54) is 4.90 Å². The van der Waals surface area contributed by atoms with Gasteiger partial charge in [-0.2, -0.15) is 0 Å². The number of carbonyl (C=O) groups excluding carboxylic acids is 1. The third-order valence-corrected chi connectivity index (χ3v) is 3.86. The fourth-order valence-corrected chi connectivity index (χ4v) is 2.56. The highest BCUT2D eigenvalue weighted by Crippen LogP contribution is 2.41. The summed E-state index contributed by atoms with van der Waals surface area (Å²) in [7, 11) is 0. The van der Waals surface area contributed by atoms with Gasteiger partial charge in [-0.3, -0.25) is 4.79 Å². The number of fused-ring (bicyclic) bond motifs is 1. The largest absolute Gasteiger partial charge is 0.479 e. The van der Waals surface area contributed by atoms with Gasteiger partial charge in [0.2, 0.25) is 0 Å². The summed E-state index contributed by atoms with van der Waals surface area (Å²) < 4.78 is 40.8. The number of benzene rings is 1. The van der Waals surface area contributed by atoms with Crippen LogP contribution in [0.2, 0.25) is 0 Å². The van der Waals surface area contributed by atoms with Gasteiger partial charge in [-0.1, -0.05) is 0 Å². The molecule has 1 fully saturated rings. The van der Waals surface area contributed by atoms with Gasteiger partial charge in [-0.05, 0) is 18.9 Å². The Hall–Kier alpha value is -2.09. The Kier molecular flexibility index (Phi) is 2.78. The maximum atomic E-state index is 14.0. The smallest absolute Gasteiger partial charge is 0.333 e. The van der Waals surface area contributed by atoms with Crippen LogP contribution in [0.5, 0.6) is 0 Å². The van der Waals surface area contributed by atoms with Crippen molar-refractivity contribution in [3.8, 4) is 0 Å². The van der Waals surface area contributed by atoms with Gasteiger partial charge in [0.05, 0.1) is 12.2 Å². The molecule has 0 aromatic heterocycles. The molecule has 1 atom stereocenters. The molecule has 1 heterocycles. The number of aliphatic carboxylic acids is 1. The zero-order valence-corrected chi connectivity index (χ0v) is 10.7. The van der Waals surface area contributed by atoms with E-state index in [1.807, 2.05) is 0 Å². The summed E-state index contributed by atoms with van der Waals surface area (Å²) >= 11 is 0. The van der Waals surface area contributed by atoms with E-state index < -0.39 is 52.5 Å². The number of ketones is 1. The van der Waals surface area contributed by atoms with Crippen molar-refractivity contribution in [3.05, 3.63) is 29.1 Å². The average molecular weight is 300 g/mol. The van der Waals surface area contributed by atoms with Crippen LogP contribution in [0.1, 0.15) is 23.2 Å². The summed E-state index contributed by atoms with van der Waals surface area (Å²) in [6.45, 7) is -0.471. The van der Waals surface area contributed by atoms with Crippen LogP contribution in [0.25, 0.3) is 0 Å². The summed E-state index contributed by atoms with van der Waals surface area (Å²) in [5, 5.41) is 9.17. The molecule has 1 saturated carbocycles. The lowest BCUT2D eigenvalue weighted by Crippen LogP contribution is -2.65. The Morgan fingerprint density at radius 2 is 1.95 bits per heavy atom. The molecule has 1 unspecified atom stereocenters. The second kappa shape index (κ2) is 4.20. The van der Waals surface area contributed by atoms with Crippen LogP contribution in [0, 0.1) is 17.5 Å². The molecule has 0 amide bonds. The molecular formula is C13H11F3N2O3. The first-order valence-electron chi connectivity index (χ1n) is 6.28. The summed E-state index contributed by atoms with van der Waals surface area (Å²) in [4.78, 5) is 24.7. The van der Waals surface area contributed by atoms with Gasteiger partial charge in [0.1, 0.15) is 0 Å². The molecule has 1 aromatic rings. The van der Waals surface area contributed by atoms with Gasteiger partial charge >= 0.3 is 5.97 Å². The van der Waals surface area contributed by atoms with E-state index in [0.717, 1.165) is 0 Å². The van der Waals surface area contributed by atoms with Crippen molar-refractivity contribution in [2.45, 2.75) is 24.4 Å². The molecule has 0 spiro atoms. The molecule has 1 aromatic carbocycles. The van der Waals surface area contributed by atoms with Gasteiger partial charge in [0.25, 0.3) is 0 Å². The number of anilines is 1. The Balaban J connectivity index is 2.25. The first kappa shape index (κ1) is 13.9. The van der Waals surface area contributed by atoms with Crippen molar-refractivity contribution in [2.24, 2.45) is 5.73 Å². The molecule has 3 rings (SSSR count). The van der Waals surface area contributed by atoms with E-state index in [4.69, 9.17) is 5.73 Å². The summed E-state index contributed by atoms with van der Waals surface area (Å²) in [6, 6.07) is 0.285. The summed E-state index contributed by atoms with van der Waals surface area (Å²) in [5.74, 6) is -7.44. The van der Waals surface area contributed by atoms with Crippen LogP contribution < -0.4 is 10.6 Å². The van der Waals surface area contributed by atoms with Crippen LogP contribution in [0.15, 0.2) is 6.07 Å². The maximum absolute atomic E-state index is 14.0. The predicted molar refractivity (Wildman–Crippen MR) is 65.6 cm³/mol. The maximum Gasteiger partial charge on any atom is 0.333 e. The molecular weight excluding hydrogens is 289 g/mol. The van der Waals surface area contributed by atoms with Crippen LogP contribution in [0.4, 0.5) is 18.9 Å². The lowest BCUT2D eigenvalue weighted by atomic mass is 9.84. The molecule has 0 radical (unpaired) electrons. The van der Waals surface area contributed by atoms with Crippen molar-refractivity contribution in [3.63, 3.8) is 0 Å². The second-order valence-corrected chi connectivity index (χ2v) is 5.35. The minimum absolute atomic E-state index is 0.224. The number of carbonyl (C=O) groups is 2. The standard InChI is InChI=1S/C13H11F3N2O3/c14-7-3-6-10(9(16)8(7)15)18(5-1-2-5)4-13(17,11(6)19)12(20)21/h3,5H,1-2,4,17H2,(H,20,21). The number of carboxylic acids is 1. The quantitative estimate of drug-likeness (QED) is 0.630. The lowest BCUT2D eigenvalue weighted by Gasteiger charge is -2.39. The molecule has 1 aliphatic carbocycles. The molecule has 0 saturated heterocycles. The van der Waals surface area contributed by atoms with E-state index in [-0.39, 0.29) is 6.04 Å². The SMILES string of the molecule is NC1(C(=O)O)CN(C2CC2)c2c(cc(F)c(F)c2F)C1=O. The van der Waals surface area contributed by atoms with Crippen LogP contribution >= 0.6 is 0 Å². The number of Topliss-reactive ketones (excluding diaryl/α,β-unsaturated/α-hetero) is 1. The first-order chi connectivity index (χ1) is 9.77. The van der Waals surface area contributed by atoms with Crippen LogP contribution in [-0.2, 0) is 4.79 Å². The minimum atomic E-state index is -2.30. The summed E-state index contributed by atoms with van der Waals surface area (Å²) in [6.07, 6.45) is 1.28. The van der Waals surface area contributed by atoms with Crippen LogP contribution in [0.3, 0.4) is 0 Å². The van der Waals surface area contributed by atoms with Gasteiger partial charge in [-0.25, -0.2) is 18.0 Å². The fourth-order valence-electron chi connectivity index (χ4n) is 2.56. The Morgan fingerprint density at radius 3 is 2.48 bits per heavy atom. The number of carboxylic acid groups (broad SMARTS) is 1. The van der Waals surface area contributed by atoms with E-state index in [2.05, 4.69) is 0 Å². The minimum Gasteiger partial charge on any atom is -0.479 e. The molecule has 21 heavy (non-hydrogen) atoms.